The Morgan fingerprint density at radius 3 is 2.19 bits per heavy atom. The summed E-state index contributed by atoms with van der Waals surface area (Å²) in [5, 5.41) is 2.82. The van der Waals surface area contributed by atoms with Crippen LogP contribution in [0, 0.1) is 0 Å². The van der Waals surface area contributed by atoms with Crippen LogP contribution in [0.15, 0.2) is 29.2 Å². The molecule has 6 nitrogen and oxygen atoms in total. The average Bonchev–Trinajstić information content (AvgIpc) is 2.51. The molecule has 21 heavy (non-hydrogen) atoms. The number of likely N-dealkylation sites (N-methyl/N-ethyl adjacent to an activating group) is 1. The van der Waals surface area contributed by atoms with Crippen LogP contribution in [0.3, 0.4) is 0 Å². The lowest BCUT2D eigenvalue weighted by atomic mass is 10.2. The number of hydrogen-bond acceptors (Lipinski definition) is 4. The maximum atomic E-state index is 11.9. The van der Waals surface area contributed by atoms with Gasteiger partial charge in [0, 0.05) is 18.7 Å². The minimum absolute atomic E-state index is 0.143. The Balaban J connectivity index is 2.60. The monoisotopic (exact) mass is 313 g/mol. The highest BCUT2D eigenvalue weighted by Crippen LogP contribution is 2.09. The van der Waals surface area contributed by atoms with Crippen molar-refractivity contribution >= 4 is 15.9 Å². The molecule has 1 amide bonds. The zero-order chi connectivity index (χ0) is 15.9. The van der Waals surface area contributed by atoms with Crippen LogP contribution in [0.5, 0.6) is 0 Å². The molecule has 1 rings (SSSR count). The van der Waals surface area contributed by atoms with Gasteiger partial charge in [-0.25, -0.2) is 13.1 Å². The van der Waals surface area contributed by atoms with Gasteiger partial charge < -0.3 is 10.2 Å². The lowest BCUT2D eigenvalue weighted by molar-refractivity contribution is 0.0949. The average molecular weight is 313 g/mol. The Bertz CT molecular complexity index is 551. The number of carbonyl (C=O) groups is 1. The van der Waals surface area contributed by atoms with Gasteiger partial charge in [-0.05, 0) is 44.4 Å². The second kappa shape index (κ2) is 8.11. The van der Waals surface area contributed by atoms with E-state index < -0.39 is 10.0 Å². The molecule has 0 spiro atoms. The van der Waals surface area contributed by atoms with E-state index in [0.29, 0.717) is 12.1 Å². The van der Waals surface area contributed by atoms with Crippen LogP contribution in [-0.2, 0) is 10.0 Å². The first kappa shape index (κ1) is 17.6. The summed E-state index contributed by atoms with van der Waals surface area (Å²) >= 11 is 0. The van der Waals surface area contributed by atoms with Crippen molar-refractivity contribution in [3.05, 3.63) is 29.8 Å². The molecule has 7 heteroatoms. The molecular formula is C14H23N3O3S. The zero-order valence-electron chi connectivity index (χ0n) is 12.7. The van der Waals surface area contributed by atoms with Crippen molar-refractivity contribution in [1.29, 1.82) is 0 Å². The molecule has 118 valence electrons. The minimum Gasteiger partial charge on any atom is -0.351 e. The third kappa shape index (κ3) is 5.11. The topological polar surface area (TPSA) is 78.5 Å². The lowest BCUT2D eigenvalue weighted by Crippen LogP contribution is -2.34. The largest absolute Gasteiger partial charge is 0.351 e. The zero-order valence-corrected chi connectivity index (χ0v) is 13.5. The first-order valence-corrected chi connectivity index (χ1v) is 8.47. The first-order chi connectivity index (χ1) is 9.94. The number of nitrogens with one attached hydrogen (secondary N) is 2. The van der Waals surface area contributed by atoms with Crippen molar-refractivity contribution in [2.75, 3.05) is 33.2 Å². The molecule has 1 aromatic rings. The van der Waals surface area contributed by atoms with Crippen LogP contribution in [0.25, 0.3) is 0 Å². The van der Waals surface area contributed by atoms with E-state index >= 15 is 0 Å². The maximum Gasteiger partial charge on any atom is 0.251 e. The summed E-state index contributed by atoms with van der Waals surface area (Å²) in [6.45, 7) is 7.41. The van der Waals surface area contributed by atoms with Gasteiger partial charge >= 0.3 is 0 Å². The summed E-state index contributed by atoms with van der Waals surface area (Å²) in [5.74, 6) is -0.199. The molecule has 2 N–H and O–H groups in total. The Morgan fingerprint density at radius 2 is 1.71 bits per heavy atom. The van der Waals surface area contributed by atoms with E-state index in [1.165, 1.54) is 31.3 Å². The van der Waals surface area contributed by atoms with Gasteiger partial charge in [0.25, 0.3) is 5.91 Å². The Labute approximate surface area is 126 Å². The number of rotatable bonds is 8. The molecule has 0 aliphatic heterocycles. The quantitative estimate of drug-likeness (QED) is 0.739. The molecule has 0 aliphatic carbocycles. The molecule has 0 fully saturated rings. The van der Waals surface area contributed by atoms with Crippen molar-refractivity contribution < 1.29 is 13.2 Å². The first-order valence-electron chi connectivity index (χ1n) is 6.98. The minimum atomic E-state index is -3.46. The standard InChI is InChI=1S/C14H23N3O3S/c1-4-17(5-2)11-10-16-14(18)12-6-8-13(9-7-12)21(19,20)15-3/h6-9,15H,4-5,10-11H2,1-3H3,(H,16,18). The van der Waals surface area contributed by atoms with Gasteiger partial charge in [-0.3, -0.25) is 4.79 Å². The van der Waals surface area contributed by atoms with Gasteiger partial charge in [-0.15, -0.1) is 0 Å². The molecular weight excluding hydrogens is 290 g/mol. The molecule has 1 aromatic carbocycles. The number of sulfonamides is 1. The summed E-state index contributed by atoms with van der Waals surface area (Å²) in [6.07, 6.45) is 0. The molecule has 0 radical (unpaired) electrons. The van der Waals surface area contributed by atoms with Crippen molar-refractivity contribution in [1.82, 2.24) is 14.9 Å². The van der Waals surface area contributed by atoms with Gasteiger partial charge in [0.05, 0.1) is 4.90 Å². The second-order valence-corrected chi connectivity index (χ2v) is 6.40. The predicted octanol–water partition coefficient (Wildman–Crippen LogP) is 0.666. The summed E-state index contributed by atoms with van der Waals surface area (Å²) in [7, 11) is -2.11. The molecule has 0 bridgehead atoms. The molecule has 0 heterocycles. The molecule has 0 saturated carbocycles. The summed E-state index contributed by atoms with van der Waals surface area (Å²) in [6, 6.07) is 5.87. The Morgan fingerprint density at radius 1 is 1.14 bits per heavy atom. The fourth-order valence-corrected chi connectivity index (χ4v) is 2.60. The van der Waals surface area contributed by atoms with Gasteiger partial charge in [0.2, 0.25) is 10.0 Å². The maximum absolute atomic E-state index is 11.9. The Hall–Kier alpha value is -1.44. The highest BCUT2D eigenvalue weighted by Gasteiger charge is 2.12. The predicted molar refractivity (Wildman–Crippen MR) is 82.8 cm³/mol. The number of amides is 1. The number of benzene rings is 1. The Kier molecular flexibility index (Phi) is 6.80. The van der Waals surface area contributed by atoms with E-state index in [-0.39, 0.29) is 10.8 Å². The van der Waals surface area contributed by atoms with E-state index in [2.05, 4.69) is 28.8 Å². The van der Waals surface area contributed by atoms with Gasteiger partial charge in [0.15, 0.2) is 0 Å². The van der Waals surface area contributed by atoms with Crippen molar-refractivity contribution in [3.8, 4) is 0 Å². The van der Waals surface area contributed by atoms with E-state index in [1.807, 2.05) is 0 Å². The third-order valence-electron chi connectivity index (χ3n) is 3.30. The normalized spacial score (nSPS) is 11.6. The van der Waals surface area contributed by atoms with Gasteiger partial charge in [-0.2, -0.15) is 0 Å². The lowest BCUT2D eigenvalue weighted by Gasteiger charge is -2.17. The van der Waals surface area contributed by atoms with Crippen molar-refractivity contribution in [3.63, 3.8) is 0 Å². The van der Waals surface area contributed by atoms with Crippen LogP contribution in [0.4, 0.5) is 0 Å². The number of hydrogen-bond donors (Lipinski definition) is 2. The van der Waals surface area contributed by atoms with Crippen molar-refractivity contribution in [2.45, 2.75) is 18.7 Å². The fourth-order valence-electron chi connectivity index (χ4n) is 1.87. The number of nitrogens with zero attached hydrogens (tertiary/aromatic N) is 1. The van der Waals surface area contributed by atoms with Crippen LogP contribution in [-0.4, -0.2) is 52.5 Å². The van der Waals surface area contributed by atoms with Gasteiger partial charge in [0.1, 0.15) is 0 Å². The van der Waals surface area contributed by atoms with Crippen LogP contribution < -0.4 is 10.0 Å². The third-order valence-corrected chi connectivity index (χ3v) is 4.73. The van der Waals surface area contributed by atoms with E-state index in [1.54, 1.807) is 0 Å². The summed E-state index contributed by atoms with van der Waals surface area (Å²) < 4.78 is 25.4. The van der Waals surface area contributed by atoms with Crippen LogP contribution >= 0.6 is 0 Å². The molecule has 0 aromatic heterocycles. The van der Waals surface area contributed by atoms with E-state index in [0.717, 1.165) is 19.6 Å². The highest BCUT2D eigenvalue weighted by atomic mass is 32.2. The van der Waals surface area contributed by atoms with Crippen LogP contribution in [0.2, 0.25) is 0 Å². The van der Waals surface area contributed by atoms with E-state index in [9.17, 15) is 13.2 Å². The second-order valence-electron chi connectivity index (χ2n) is 4.51. The molecule has 0 atom stereocenters. The molecule has 0 unspecified atom stereocenters. The van der Waals surface area contributed by atoms with E-state index in [4.69, 9.17) is 0 Å². The smallest absolute Gasteiger partial charge is 0.251 e. The van der Waals surface area contributed by atoms with Crippen molar-refractivity contribution in [2.24, 2.45) is 0 Å². The SMILES string of the molecule is CCN(CC)CCNC(=O)c1ccc(S(=O)(=O)NC)cc1. The van der Waals surface area contributed by atoms with Crippen LogP contribution in [0.1, 0.15) is 24.2 Å². The van der Waals surface area contributed by atoms with Gasteiger partial charge in [-0.1, -0.05) is 13.8 Å². The fraction of sp³-hybridized carbons (Fsp3) is 0.500. The summed E-state index contributed by atoms with van der Waals surface area (Å²) in [5.41, 5.74) is 0.449. The summed E-state index contributed by atoms with van der Waals surface area (Å²) in [4.78, 5) is 14.3. The molecule has 0 saturated heterocycles. The molecule has 0 aliphatic rings. The highest BCUT2D eigenvalue weighted by molar-refractivity contribution is 7.89. The number of carbonyl (C=O) groups excluding carboxylic acids is 1.